The van der Waals surface area contributed by atoms with Gasteiger partial charge in [-0.25, -0.2) is 0 Å². The summed E-state index contributed by atoms with van der Waals surface area (Å²) in [4.78, 5) is 11.7. The van der Waals surface area contributed by atoms with Gasteiger partial charge in [0.25, 0.3) is 0 Å². The van der Waals surface area contributed by atoms with E-state index in [4.69, 9.17) is 4.74 Å². The van der Waals surface area contributed by atoms with E-state index in [0.717, 1.165) is 0 Å². The molecule has 1 saturated carbocycles. The molecule has 18 heavy (non-hydrogen) atoms. The third-order valence-electron chi connectivity index (χ3n) is 4.16. The summed E-state index contributed by atoms with van der Waals surface area (Å²) in [7, 11) is 0. The molecule has 3 N–H and O–H groups in total. The number of hydrogen-bond acceptors (Lipinski definition) is 4. The van der Waals surface area contributed by atoms with Crippen molar-refractivity contribution in [1.82, 2.24) is 10.6 Å². The molecule has 1 amide bonds. The van der Waals surface area contributed by atoms with Gasteiger partial charge in [-0.1, -0.05) is 12.8 Å². The molecule has 0 spiro atoms. The minimum atomic E-state index is -0.900. The second-order valence-corrected chi connectivity index (χ2v) is 5.51. The molecule has 1 aliphatic carbocycles. The molecule has 2 fully saturated rings. The monoisotopic (exact) mass is 256 g/mol. The Hall–Kier alpha value is -0.650. The molecule has 0 aromatic rings. The number of aliphatic hydroxyl groups is 1. The highest BCUT2D eigenvalue weighted by Crippen LogP contribution is 2.24. The molecular weight excluding hydrogens is 232 g/mol. The molecule has 0 radical (unpaired) electrons. The van der Waals surface area contributed by atoms with Gasteiger partial charge in [0.05, 0.1) is 12.6 Å². The summed E-state index contributed by atoms with van der Waals surface area (Å²) in [6.07, 6.45) is 5.23. The topological polar surface area (TPSA) is 70.6 Å². The molecule has 5 nitrogen and oxygen atoms in total. The zero-order valence-corrected chi connectivity index (χ0v) is 11.1. The number of hydrogen-bond donors (Lipinski definition) is 3. The summed E-state index contributed by atoms with van der Waals surface area (Å²) < 4.78 is 5.33. The predicted molar refractivity (Wildman–Crippen MR) is 68.2 cm³/mol. The van der Waals surface area contributed by atoms with Gasteiger partial charge in [-0.05, 0) is 19.8 Å². The molecule has 0 aromatic heterocycles. The molecule has 5 heteroatoms. The van der Waals surface area contributed by atoms with Crippen LogP contribution in [0.15, 0.2) is 0 Å². The van der Waals surface area contributed by atoms with Crippen LogP contribution >= 0.6 is 0 Å². The van der Waals surface area contributed by atoms with Gasteiger partial charge in [-0.3, -0.25) is 4.79 Å². The van der Waals surface area contributed by atoms with Gasteiger partial charge < -0.3 is 20.5 Å². The van der Waals surface area contributed by atoms with Crippen molar-refractivity contribution in [1.29, 1.82) is 0 Å². The molecule has 1 aliphatic heterocycles. The van der Waals surface area contributed by atoms with E-state index in [9.17, 15) is 9.90 Å². The van der Waals surface area contributed by atoms with E-state index in [1.807, 2.05) is 6.92 Å². The third-order valence-corrected chi connectivity index (χ3v) is 4.16. The van der Waals surface area contributed by atoms with Crippen molar-refractivity contribution in [2.24, 2.45) is 0 Å². The van der Waals surface area contributed by atoms with E-state index in [0.29, 0.717) is 25.6 Å². The number of rotatable bonds is 5. The van der Waals surface area contributed by atoms with Gasteiger partial charge in [0.15, 0.2) is 0 Å². The van der Waals surface area contributed by atoms with Crippen LogP contribution in [0.2, 0.25) is 0 Å². The fraction of sp³-hybridized carbons (Fsp3) is 0.923. The molecule has 2 aliphatic rings. The van der Waals surface area contributed by atoms with Crippen LogP contribution in [0.1, 0.15) is 39.0 Å². The lowest BCUT2D eigenvalue weighted by Crippen LogP contribution is -2.49. The molecule has 2 rings (SSSR count). The minimum absolute atomic E-state index is 0.0468. The average Bonchev–Trinajstić information content (AvgIpc) is 2.96. The zero-order valence-electron chi connectivity index (χ0n) is 11.1. The Kier molecular flexibility index (Phi) is 4.59. The van der Waals surface area contributed by atoms with Crippen LogP contribution in [0.5, 0.6) is 0 Å². The van der Waals surface area contributed by atoms with E-state index in [2.05, 4.69) is 10.6 Å². The molecule has 0 aromatic carbocycles. The summed E-state index contributed by atoms with van der Waals surface area (Å²) in [6.45, 7) is 3.03. The van der Waals surface area contributed by atoms with Gasteiger partial charge in [-0.15, -0.1) is 0 Å². The number of carbonyl (C=O) groups excluding carboxylic acids is 1. The minimum Gasteiger partial charge on any atom is -0.385 e. The number of carbonyl (C=O) groups is 1. The lowest BCUT2D eigenvalue weighted by Gasteiger charge is -2.26. The molecule has 104 valence electrons. The van der Waals surface area contributed by atoms with Crippen molar-refractivity contribution >= 4 is 5.91 Å². The first-order valence-corrected chi connectivity index (χ1v) is 6.94. The van der Waals surface area contributed by atoms with Crippen molar-refractivity contribution in [3.8, 4) is 0 Å². The fourth-order valence-electron chi connectivity index (χ4n) is 2.68. The van der Waals surface area contributed by atoms with Crippen LogP contribution in [0.3, 0.4) is 0 Å². The number of amides is 1. The van der Waals surface area contributed by atoms with Gasteiger partial charge in [-0.2, -0.15) is 0 Å². The maximum Gasteiger partial charge on any atom is 0.234 e. The van der Waals surface area contributed by atoms with E-state index in [1.165, 1.54) is 25.7 Å². The Morgan fingerprint density at radius 3 is 2.78 bits per heavy atom. The van der Waals surface area contributed by atoms with Gasteiger partial charge in [0, 0.05) is 25.6 Å². The van der Waals surface area contributed by atoms with Crippen molar-refractivity contribution in [3.63, 3.8) is 0 Å². The second-order valence-electron chi connectivity index (χ2n) is 5.51. The molecule has 0 bridgehead atoms. The first-order valence-electron chi connectivity index (χ1n) is 6.94. The Balaban J connectivity index is 1.65. The highest BCUT2D eigenvalue weighted by Gasteiger charge is 2.39. The fourth-order valence-corrected chi connectivity index (χ4v) is 2.68. The average molecular weight is 256 g/mol. The Morgan fingerprint density at radius 1 is 1.44 bits per heavy atom. The molecular formula is C13H24N2O3. The predicted octanol–water partition coefficient (Wildman–Crippen LogP) is 0.175. The largest absolute Gasteiger partial charge is 0.385 e. The first kappa shape index (κ1) is 13.8. The highest BCUT2D eigenvalue weighted by atomic mass is 16.5. The molecule has 2 atom stereocenters. The van der Waals surface area contributed by atoms with Gasteiger partial charge in [0.1, 0.15) is 5.60 Å². The summed E-state index contributed by atoms with van der Waals surface area (Å²) in [6, 6.07) is 0.493. The van der Waals surface area contributed by atoms with E-state index >= 15 is 0 Å². The van der Waals surface area contributed by atoms with Crippen LogP contribution in [0, 0.1) is 0 Å². The number of ether oxygens (including phenoxy) is 1. The standard InChI is InChI=1S/C13H24N2O3/c1-10-13(17,6-7-18-10)9-15-12(16)8-14-11-4-2-3-5-11/h10-11,14,17H,2-9H2,1H3,(H,15,16). The highest BCUT2D eigenvalue weighted by molar-refractivity contribution is 5.78. The number of nitrogens with one attached hydrogen (secondary N) is 2. The van der Waals surface area contributed by atoms with Crippen molar-refractivity contribution < 1.29 is 14.6 Å². The van der Waals surface area contributed by atoms with Crippen LogP contribution < -0.4 is 10.6 Å². The normalized spacial score (nSPS) is 32.9. The summed E-state index contributed by atoms with van der Waals surface area (Å²) in [5, 5.41) is 16.3. The van der Waals surface area contributed by atoms with E-state index in [1.54, 1.807) is 0 Å². The Morgan fingerprint density at radius 2 is 2.17 bits per heavy atom. The van der Waals surface area contributed by atoms with Crippen LogP contribution in [0.25, 0.3) is 0 Å². The van der Waals surface area contributed by atoms with Crippen LogP contribution in [-0.4, -0.2) is 48.5 Å². The van der Waals surface area contributed by atoms with E-state index in [-0.39, 0.29) is 18.6 Å². The lowest BCUT2D eigenvalue weighted by molar-refractivity contribution is -0.122. The van der Waals surface area contributed by atoms with Crippen molar-refractivity contribution in [3.05, 3.63) is 0 Å². The van der Waals surface area contributed by atoms with E-state index < -0.39 is 5.60 Å². The third kappa shape index (κ3) is 3.43. The van der Waals surface area contributed by atoms with Gasteiger partial charge in [0.2, 0.25) is 5.91 Å². The maximum atomic E-state index is 11.7. The van der Waals surface area contributed by atoms with Crippen LogP contribution in [0.4, 0.5) is 0 Å². The second kappa shape index (κ2) is 5.99. The molecule has 1 heterocycles. The van der Waals surface area contributed by atoms with Gasteiger partial charge >= 0.3 is 0 Å². The van der Waals surface area contributed by atoms with Crippen molar-refractivity contribution in [2.45, 2.75) is 56.8 Å². The lowest BCUT2D eigenvalue weighted by atomic mass is 9.97. The quantitative estimate of drug-likeness (QED) is 0.656. The smallest absolute Gasteiger partial charge is 0.234 e. The van der Waals surface area contributed by atoms with Crippen LogP contribution in [-0.2, 0) is 9.53 Å². The molecule has 1 saturated heterocycles. The summed E-state index contributed by atoms with van der Waals surface area (Å²) in [5.74, 6) is -0.0468. The SMILES string of the molecule is CC1OCCC1(O)CNC(=O)CNC1CCCC1. The molecule has 2 unspecified atom stereocenters. The summed E-state index contributed by atoms with van der Waals surface area (Å²) in [5.41, 5.74) is -0.900. The maximum absolute atomic E-state index is 11.7. The van der Waals surface area contributed by atoms with Crippen molar-refractivity contribution in [2.75, 3.05) is 19.7 Å². The Labute approximate surface area is 108 Å². The zero-order chi connectivity index (χ0) is 13.0. The first-order chi connectivity index (χ1) is 8.60. The Bertz CT molecular complexity index is 292. The summed E-state index contributed by atoms with van der Waals surface area (Å²) >= 11 is 0.